The van der Waals surface area contributed by atoms with Gasteiger partial charge in [0.15, 0.2) is 0 Å². The van der Waals surface area contributed by atoms with Crippen LogP contribution in [0.2, 0.25) is 0 Å². The van der Waals surface area contributed by atoms with E-state index in [0.29, 0.717) is 5.88 Å². The van der Waals surface area contributed by atoms with E-state index in [1.165, 1.54) is 38.8 Å². The van der Waals surface area contributed by atoms with Gasteiger partial charge in [-0.2, -0.15) is 4.98 Å². The minimum absolute atomic E-state index is 0.662. The van der Waals surface area contributed by atoms with Gasteiger partial charge in [0.05, 0.1) is 7.11 Å². The van der Waals surface area contributed by atoms with E-state index < -0.39 is 0 Å². The van der Waals surface area contributed by atoms with Crippen LogP contribution in [-0.4, -0.2) is 43.2 Å². The van der Waals surface area contributed by atoms with Crippen molar-refractivity contribution in [2.45, 2.75) is 25.7 Å². The lowest BCUT2D eigenvalue weighted by atomic mass is 10.2. The summed E-state index contributed by atoms with van der Waals surface area (Å²) in [5, 5.41) is 3.35. The molecule has 1 aliphatic rings. The minimum atomic E-state index is 0.662. The maximum atomic E-state index is 5.11. The number of nitrogens with one attached hydrogen (secondary N) is 1. The number of ether oxygens (including phenoxy) is 1. The lowest BCUT2D eigenvalue weighted by Gasteiger charge is -2.19. The molecule has 18 heavy (non-hydrogen) atoms. The van der Waals surface area contributed by atoms with Crippen LogP contribution in [0.4, 0.5) is 5.82 Å². The van der Waals surface area contributed by atoms with Gasteiger partial charge in [0.1, 0.15) is 5.82 Å². The van der Waals surface area contributed by atoms with Gasteiger partial charge in [-0.25, -0.2) is 0 Å². The Morgan fingerprint density at radius 3 is 2.72 bits per heavy atom. The van der Waals surface area contributed by atoms with Crippen molar-refractivity contribution in [2.75, 3.05) is 38.6 Å². The molecule has 0 unspecified atom stereocenters. The van der Waals surface area contributed by atoms with Crippen LogP contribution in [0.3, 0.4) is 0 Å². The maximum Gasteiger partial charge on any atom is 0.214 e. The van der Waals surface area contributed by atoms with Gasteiger partial charge in [-0.1, -0.05) is 18.9 Å². The third kappa shape index (κ3) is 4.18. The molecule has 0 saturated carbocycles. The summed E-state index contributed by atoms with van der Waals surface area (Å²) in [5.41, 5.74) is 0. The molecule has 0 aliphatic carbocycles. The van der Waals surface area contributed by atoms with Crippen molar-refractivity contribution in [1.82, 2.24) is 9.88 Å². The Bertz CT molecular complexity index is 349. The summed E-state index contributed by atoms with van der Waals surface area (Å²) in [6.45, 7) is 4.53. The van der Waals surface area contributed by atoms with E-state index in [2.05, 4.69) is 15.2 Å². The molecule has 1 saturated heterocycles. The first-order chi connectivity index (χ1) is 8.88. The van der Waals surface area contributed by atoms with Crippen molar-refractivity contribution in [3.8, 4) is 5.88 Å². The number of rotatable bonds is 5. The first kappa shape index (κ1) is 13.1. The second kappa shape index (κ2) is 7.21. The van der Waals surface area contributed by atoms with Crippen molar-refractivity contribution in [3.05, 3.63) is 18.2 Å². The first-order valence-corrected chi connectivity index (χ1v) is 6.86. The molecule has 4 heteroatoms. The Labute approximate surface area is 109 Å². The lowest BCUT2D eigenvalue weighted by molar-refractivity contribution is 0.296. The van der Waals surface area contributed by atoms with Crippen LogP contribution < -0.4 is 10.1 Å². The highest BCUT2D eigenvalue weighted by Crippen LogP contribution is 2.11. The van der Waals surface area contributed by atoms with E-state index in [9.17, 15) is 0 Å². The lowest BCUT2D eigenvalue weighted by Crippen LogP contribution is -2.30. The zero-order valence-electron chi connectivity index (χ0n) is 11.2. The number of aromatic nitrogens is 1. The predicted molar refractivity (Wildman–Crippen MR) is 74.2 cm³/mol. The molecule has 0 spiro atoms. The molecule has 4 nitrogen and oxygen atoms in total. The molecule has 2 rings (SSSR count). The minimum Gasteiger partial charge on any atom is -0.481 e. The monoisotopic (exact) mass is 249 g/mol. The molecule has 0 bridgehead atoms. The molecule has 0 amide bonds. The molecular formula is C14H23N3O. The maximum absolute atomic E-state index is 5.11. The fourth-order valence-electron chi connectivity index (χ4n) is 2.33. The van der Waals surface area contributed by atoms with Crippen LogP contribution in [0.5, 0.6) is 5.88 Å². The number of methoxy groups -OCH3 is 1. The molecule has 100 valence electrons. The van der Waals surface area contributed by atoms with E-state index in [4.69, 9.17) is 4.74 Å². The molecule has 1 fully saturated rings. The highest BCUT2D eigenvalue weighted by atomic mass is 16.5. The van der Waals surface area contributed by atoms with E-state index in [0.717, 1.165) is 18.9 Å². The quantitative estimate of drug-likeness (QED) is 0.869. The number of nitrogens with zero attached hydrogens (tertiary/aromatic N) is 2. The van der Waals surface area contributed by atoms with Gasteiger partial charge >= 0.3 is 0 Å². The Morgan fingerprint density at radius 1 is 1.22 bits per heavy atom. The van der Waals surface area contributed by atoms with Crippen molar-refractivity contribution in [2.24, 2.45) is 0 Å². The topological polar surface area (TPSA) is 37.4 Å². The fraction of sp³-hybridized carbons (Fsp3) is 0.643. The van der Waals surface area contributed by atoms with Crippen molar-refractivity contribution in [3.63, 3.8) is 0 Å². The molecular weight excluding hydrogens is 226 g/mol. The van der Waals surface area contributed by atoms with Crippen LogP contribution in [0, 0.1) is 0 Å². The van der Waals surface area contributed by atoms with Crippen molar-refractivity contribution < 1.29 is 4.74 Å². The van der Waals surface area contributed by atoms with Crippen LogP contribution in [-0.2, 0) is 0 Å². The van der Waals surface area contributed by atoms with E-state index in [1.807, 2.05) is 18.2 Å². The molecule has 0 atom stereocenters. The summed E-state index contributed by atoms with van der Waals surface area (Å²) in [6.07, 6.45) is 5.47. The largest absolute Gasteiger partial charge is 0.481 e. The normalized spacial score (nSPS) is 17.2. The summed E-state index contributed by atoms with van der Waals surface area (Å²) in [7, 11) is 1.64. The average Bonchev–Trinajstić information content (AvgIpc) is 2.68. The zero-order valence-corrected chi connectivity index (χ0v) is 11.2. The van der Waals surface area contributed by atoms with Crippen LogP contribution in [0.1, 0.15) is 25.7 Å². The SMILES string of the molecule is COc1cccc(NCCN2CCCCCC2)n1. The third-order valence-corrected chi connectivity index (χ3v) is 3.37. The van der Waals surface area contributed by atoms with Gasteiger partial charge in [0.25, 0.3) is 0 Å². The summed E-state index contributed by atoms with van der Waals surface area (Å²) >= 11 is 0. The second-order valence-corrected chi connectivity index (χ2v) is 4.75. The van der Waals surface area contributed by atoms with Gasteiger partial charge in [0, 0.05) is 19.2 Å². The van der Waals surface area contributed by atoms with Crippen LogP contribution in [0.15, 0.2) is 18.2 Å². The summed E-state index contributed by atoms with van der Waals surface area (Å²) in [4.78, 5) is 6.88. The number of anilines is 1. The van der Waals surface area contributed by atoms with Crippen molar-refractivity contribution >= 4 is 5.82 Å². The number of pyridine rings is 1. The van der Waals surface area contributed by atoms with Gasteiger partial charge in [0.2, 0.25) is 5.88 Å². The van der Waals surface area contributed by atoms with Gasteiger partial charge in [-0.3, -0.25) is 0 Å². The highest BCUT2D eigenvalue weighted by Gasteiger charge is 2.08. The summed E-state index contributed by atoms with van der Waals surface area (Å²) in [5.74, 6) is 1.55. The van der Waals surface area contributed by atoms with E-state index in [1.54, 1.807) is 7.11 Å². The van der Waals surface area contributed by atoms with Crippen LogP contribution in [0.25, 0.3) is 0 Å². The van der Waals surface area contributed by atoms with Gasteiger partial charge < -0.3 is 15.0 Å². The average molecular weight is 249 g/mol. The standard InChI is InChI=1S/C14H23N3O/c1-18-14-8-6-7-13(16-14)15-9-12-17-10-4-2-3-5-11-17/h6-8H,2-5,9-12H2,1H3,(H,15,16). The predicted octanol–water partition coefficient (Wildman–Crippen LogP) is 2.38. The first-order valence-electron chi connectivity index (χ1n) is 6.86. The Morgan fingerprint density at radius 2 is 2.00 bits per heavy atom. The Kier molecular flexibility index (Phi) is 5.27. The molecule has 1 aromatic heterocycles. The van der Waals surface area contributed by atoms with Crippen molar-refractivity contribution in [1.29, 1.82) is 0 Å². The van der Waals surface area contributed by atoms with E-state index in [-0.39, 0.29) is 0 Å². The molecule has 1 N–H and O–H groups in total. The summed E-state index contributed by atoms with van der Waals surface area (Å²) in [6, 6.07) is 5.80. The molecule has 0 radical (unpaired) electrons. The number of hydrogen-bond acceptors (Lipinski definition) is 4. The van der Waals surface area contributed by atoms with E-state index >= 15 is 0 Å². The molecule has 1 aromatic rings. The third-order valence-electron chi connectivity index (χ3n) is 3.37. The fourth-order valence-corrected chi connectivity index (χ4v) is 2.33. The van der Waals surface area contributed by atoms with Gasteiger partial charge in [-0.05, 0) is 32.0 Å². The second-order valence-electron chi connectivity index (χ2n) is 4.75. The molecule has 2 heterocycles. The zero-order chi connectivity index (χ0) is 12.6. The Balaban J connectivity index is 1.73. The summed E-state index contributed by atoms with van der Waals surface area (Å²) < 4.78 is 5.11. The molecule has 0 aromatic carbocycles. The Hall–Kier alpha value is -1.29. The van der Waals surface area contributed by atoms with Gasteiger partial charge in [-0.15, -0.1) is 0 Å². The highest BCUT2D eigenvalue weighted by molar-refractivity contribution is 5.36. The number of hydrogen-bond donors (Lipinski definition) is 1. The number of likely N-dealkylation sites (tertiary alicyclic amines) is 1. The molecule has 1 aliphatic heterocycles. The smallest absolute Gasteiger partial charge is 0.214 e. The van der Waals surface area contributed by atoms with Crippen LogP contribution >= 0.6 is 0 Å².